The molecule has 2 heterocycles. The molecule has 4 nitrogen and oxygen atoms in total. The van der Waals surface area contributed by atoms with Crippen LogP contribution < -0.4 is 9.64 Å². The third-order valence-electron chi connectivity index (χ3n) is 4.76. The lowest BCUT2D eigenvalue weighted by Crippen LogP contribution is -2.29. The van der Waals surface area contributed by atoms with E-state index >= 15 is 0 Å². The van der Waals surface area contributed by atoms with Gasteiger partial charge in [-0.15, -0.1) is 5.10 Å². The first-order valence-corrected chi connectivity index (χ1v) is 8.90. The van der Waals surface area contributed by atoms with Gasteiger partial charge in [-0.2, -0.15) is 0 Å². The molecule has 1 saturated heterocycles. The van der Waals surface area contributed by atoms with E-state index < -0.39 is 0 Å². The monoisotopic (exact) mass is 333 g/mol. The first-order chi connectivity index (χ1) is 12.3. The van der Waals surface area contributed by atoms with E-state index in [-0.39, 0.29) is 0 Å². The number of anilines is 1. The zero-order valence-electron chi connectivity index (χ0n) is 14.6. The molecular formula is C21H23N3O. The van der Waals surface area contributed by atoms with Crippen LogP contribution in [-0.2, 0) is 0 Å². The number of methoxy groups -OCH3 is 1. The van der Waals surface area contributed by atoms with Gasteiger partial charge in [-0.25, -0.2) is 4.68 Å². The Hall–Kier alpha value is -2.75. The molecule has 0 saturated carbocycles. The number of ether oxygens (including phenoxy) is 1. The van der Waals surface area contributed by atoms with E-state index in [9.17, 15) is 0 Å². The van der Waals surface area contributed by atoms with Gasteiger partial charge in [0.15, 0.2) is 5.82 Å². The topological polar surface area (TPSA) is 30.3 Å². The minimum absolute atomic E-state index is 0.866. The van der Waals surface area contributed by atoms with Crippen molar-refractivity contribution in [3.8, 4) is 22.7 Å². The van der Waals surface area contributed by atoms with Gasteiger partial charge in [0.05, 0.1) is 18.5 Å². The lowest BCUT2D eigenvalue weighted by atomic mass is 10.1. The van der Waals surface area contributed by atoms with Gasteiger partial charge in [0.25, 0.3) is 0 Å². The molecule has 0 N–H and O–H groups in total. The number of hydrogen-bond donors (Lipinski definition) is 0. The summed E-state index contributed by atoms with van der Waals surface area (Å²) in [6, 6.07) is 20.7. The molecule has 0 radical (unpaired) electrons. The van der Waals surface area contributed by atoms with Crippen molar-refractivity contribution in [2.24, 2.45) is 0 Å². The lowest BCUT2D eigenvalue weighted by Gasteiger charge is -2.26. The molecule has 3 aromatic rings. The van der Waals surface area contributed by atoms with Crippen LogP contribution in [0.2, 0.25) is 0 Å². The number of para-hydroxylation sites is 1. The van der Waals surface area contributed by atoms with Gasteiger partial charge in [0.1, 0.15) is 5.75 Å². The molecule has 4 heteroatoms. The normalized spacial score (nSPS) is 14.5. The summed E-state index contributed by atoms with van der Waals surface area (Å²) in [6.45, 7) is 2.18. The third-order valence-corrected chi connectivity index (χ3v) is 4.76. The van der Waals surface area contributed by atoms with E-state index in [2.05, 4.69) is 47.4 Å². The molecule has 0 unspecified atom stereocenters. The first kappa shape index (κ1) is 15.8. The molecular weight excluding hydrogens is 310 g/mol. The minimum atomic E-state index is 0.866. The van der Waals surface area contributed by atoms with E-state index in [0.717, 1.165) is 41.6 Å². The average Bonchev–Trinajstić information content (AvgIpc) is 3.15. The van der Waals surface area contributed by atoms with Crippen LogP contribution in [0.3, 0.4) is 0 Å². The van der Waals surface area contributed by atoms with Crippen LogP contribution >= 0.6 is 0 Å². The van der Waals surface area contributed by atoms with E-state index in [1.54, 1.807) is 7.11 Å². The second kappa shape index (κ2) is 7.01. The van der Waals surface area contributed by atoms with Gasteiger partial charge >= 0.3 is 0 Å². The Morgan fingerprint density at radius 1 is 0.880 bits per heavy atom. The maximum atomic E-state index is 5.29. The summed E-state index contributed by atoms with van der Waals surface area (Å²) in [6.07, 6.45) is 3.81. The second-order valence-corrected chi connectivity index (χ2v) is 6.41. The first-order valence-electron chi connectivity index (χ1n) is 8.90. The summed E-state index contributed by atoms with van der Waals surface area (Å²) in [5.41, 5.74) is 3.33. The quantitative estimate of drug-likeness (QED) is 0.702. The fraction of sp³-hybridized carbons (Fsp3) is 0.286. The van der Waals surface area contributed by atoms with Crippen molar-refractivity contribution in [3.05, 3.63) is 60.7 Å². The zero-order chi connectivity index (χ0) is 17.1. The predicted octanol–water partition coefficient (Wildman–Crippen LogP) is 4.54. The van der Waals surface area contributed by atoms with Crippen LogP contribution in [0.4, 0.5) is 5.82 Å². The van der Waals surface area contributed by atoms with Crippen molar-refractivity contribution < 1.29 is 4.74 Å². The Kier molecular flexibility index (Phi) is 4.42. The average molecular weight is 333 g/mol. The van der Waals surface area contributed by atoms with Crippen LogP contribution in [0.25, 0.3) is 16.9 Å². The number of aromatic nitrogens is 2. The summed E-state index contributed by atoms with van der Waals surface area (Å²) in [5.74, 6) is 1.93. The Morgan fingerprint density at radius 3 is 2.28 bits per heavy atom. The lowest BCUT2D eigenvalue weighted by molar-refractivity contribution is 0.415. The second-order valence-electron chi connectivity index (χ2n) is 6.41. The molecule has 0 spiro atoms. The molecule has 128 valence electrons. The van der Waals surface area contributed by atoms with Crippen molar-refractivity contribution in [1.29, 1.82) is 0 Å². The molecule has 2 aromatic carbocycles. The van der Waals surface area contributed by atoms with Gasteiger partial charge in [0, 0.05) is 24.7 Å². The largest absolute Gasteiger partial charge is 0.497 e. The highest BCUT2D eigenvalue weighted by Gasteiger charge is 2.18. The Balaban J connectivity index is 1.78. The van der Waals surface area contributed by atoms with E-state index in [4.69, 9.17) is 9.84 Å². The molecule has 4 rings (SSSR count). The van der Waals surface area contributed by atoms with Crippen LogP contribution in [0.15, 0.2) is 60.7 Å². The number of piperidine rings is 1. The molecule has 1 aromatic heterocycles. The smallest absolute Gasteiger partial charge is 0.151 e. The van der Waals surface area contributed by atoms with Gasteiger partial charge in [-0.3, -0.25) is 0 Å². The number of benzene rings is 2. The van der Waals surface area contributed by atoms with Crippen molar-refractivity contribution in [2.75, 3.05) is 25.1 Å². The Labute approximate surface area is 148 Å². The molecule has 0 aliphatic carbocycles. The van der Waals surface area contributed by atoms with Crippen molar-refractivity contribution in [1.82, 2.24) is 9.78 Å². The fourth-order valence-corrected chi connectivity index (χ4v) is 3.38. The van der Waals surface area contributed by atoms with Gasteiger partial charge in [-0.05, 0) is 55.7 Å². The molecule has 0 bridgehead atoms. The Bertz CT molecular complexity index is 818. The van der Waals surface area contributed by atoms with Crippen molar-refractivity contribution in [2.45, 2.75) is 19.3 Å². The maximum absolute atomic E-state index is 5.29. The van der Waals surface area contributed by atoms with E-state index in [1.165, 1.54) is 19.3 Å². The van der Waals surface area contributed by atoms with Crippen LogP contribution in [0.5, 0.6) is 5.75 Å². The van der Waals surface area contributed by atoms with Gasteiger partial charge < -0.3 is 9.64 Å². The highest BCUT2D eigenvalue weighted by molar-refractivity contribution is 5.67. The number of hydrogen-bond acceptors (Lipinski definition) is 3. The summed E-state index contributed by atoms with van der Waals surface area (Å²) in [7, 11) is 1.69. The van der Waals surface area contributed by atoms with Gasteiger partial charge in [-0.1, -0.05) is 18.2 Å². The molecule has 1 aliphatic rings. The van der Waals surface area contributed by atoms with Crippen molar-refractivity contribution in [3.63, 3.8) is 0 Å². The maximum Gasteiger partial charge on any atom is 0.151 e. The highest BCUT2D eigenvalue weighted by Crippen LogP contribution is 2.30. The third kappa shape index (κ3) is 3.25. The SMILES string of the molecule is COc1ccc(-c2cc(N3CCCCC3)nn2-c2ccccc2)cc1. The van der Waals surface area contributed by atoms with Crippen LogP contribution in [-0.4, -0.2) is 30.0 Å². The molecule has 1 fully saturated rings. The molecule has 0 amide bonds. The molecule has 0 atom stereocenters. The minimum Gasteiger partial charge on any atom is -0.497 e. The molecule has 25 heavy (non-hydrogen) atoms. The Morgan fingerprint density at radius 2 is 1.60 bits per heavy atom. The molecule has 1 aliphatic heterocycles. The summed E-state index contributed by atoms with van der Waals surface area (Å²) in [4.78, 5) is 2.40. The highest BCUT2D eigenvalue weighted by atomic mass is 16.5. The number of rotatable bonds is 4. The summed E-state index contributed by atoms with van der Waals surface area (Å²) >= 11 is 0. The zero-order valence-corrected chi connectivity index (χ0v) is 14.6. The summed E-state index contributed by atoms with van der Waals surface area (Å²) < 4.78 is 7.34. The van der Waals surface area contributed by atoms with Crippen LogP contribution in [0, 0.1) is 0 Å². The standard InChI is InChI=1S/C21H23N3O/c1-25-19-12-10-17(11-13-19)20-16-21(23-14-6-3-7-15-23)22-24(20)18-8-4-2-5-9-18/h2,4-5,8-13,16H,3,6-7,14-15H2,1H3. The van der Waals surface area contributed by atoms with Crippen LogP contribution in [0.1, 0.15) is 19.3 Å². The van der Waals surface area contributed by atoms with Gasteiger partial charge in [0.2, 0.25) is 0 Å². The summed E-state index contributed by atoms with van der Waals surface area (Å²) in [5, 5.41) is 4.93. The number of nitrogens with zero attached hydrogens (tertiary/aromatic N) is 3. The fourth-order valence-electron chi connectivity index (χ4n) is 3.38. The van der Waals surface area contributed by atoms with E-state index in [1.807, 2.05) is 22.9 Å². The predicted molar refractivity (Wildman–Crippen MR) is 102 cm³/mol. The van der Waals surface area contributed by atoms with E-state index in [0.29, 0.717) is 0 Å². The van der Waals surface area contributed by atoms with Crippen molar-refractivity contribution >= 4 is 5.82 Å².